The van der Waals surface area contributed by atoms with Gasteiger partial charge in [-0.15, -0.1) is 0 Å². The highest BCUT2D eigenvalue weighted by atomic mass is 14.3. The van der Waals surface area contributed by atoms with Crippen LogP contribution in [0.5, 0.6) is 0 Å². The number of rotatable bonds is 10. The minimum absolute atomic E-state index is 1.15. The van der Waals surface area contributed by atoms with Crippen molar-refractivity contribution in [2.45, 2.75) is 0 Å². The largest absolute Gasteiger partial charge is 0.0622 e. The summed E-state index contributed by atoms with van der Waals surface area (Å²) >= 11 is 0. The Bertz CT molecular complexity index is 3130. The van der Waals surface area contributed by atoms with Crippen LogP contribution in [0.3, 0.4) is 0 Å². The summed E-state index contributed by atoms with van der Waals surface area (Å²) in [4.78, 5) is 0. The molecule has 0 aliphatic carbocycles. The minimum atomic E-state index is 1.15. The van der Waals surface area contributed by atoms with Gasteiger partial charge in [-0.3, -0.25) is 0 Å². The van der Waals surface area contributed by atoms with Crippen LogP contribution in [0.1, 0.15) is 0 Å². The molecule has 11 rings (SSSR count). The normalized spacial score (nSPS) is 11.0. The summed E-state index contributed by atoms with van der Waals surface area (Å²) < 4.78 is 0. The topological polar surface area (TPSA) is 0 Å². The molecule has 11 aromatic carbocycles. The Labute approximate surface area is 388 Å². The first kappa shape index (κ1) is 40.2. The maximum absolute atomic E-state index is 2.43. The van der Waals surface area contributed by atoms with Gasteiger partial charge in [0.2, 0.25) is 0 Å². The third kappa shape index (κ3) is 7.76. The van der Waals surface area contributed by atoms with Gasteiger partial charge in [0.1, 0.15) is 0 Å². The van der Waals surface area contributed by atoms with Crippen molar-refractivity contribution in [3.8, 4) is 111 Å². The third-order valence-corrected chi connectivity index (χ3v) is 12.7. The van der Waals surface area contributed by atoms with Crippen LogP contribution in [0.15, 0.2) is 279 Å². The first-order valence-electron chi connectivity index (χ1n) is 22.8. The fraction of sp³-hybridized carbons (Fsp3) is 0. The van der Waals surface area contributed by atoms with Crippen LogP contribution in [-0.2, 0) is 0 Å². The van der Waals surface area contributed by atoms with Crippen molar-refractivity contribution >= 4 is 0 Å². The summed E-state index contributed by atoms with van der Waals surface area (Å²) in [6.07, 6.45) is 0. The molecule has 0 atom stereocenters. The first-order chi connectivity index (χ1) is 32.8. The van der Waals surface area contributed by atoms with Crippen LogP contribution < -0.4 is 0 Å². The molecule has 310 valence electrons. The van der Waals surface area contributed by atoms with Crippen molar-refractivity contribution in [2.24, 2.45) is 0 Å². The van der Waals surface area contributed by atoms with Crippen molar-refractivity contribution < 1.29 is 0 Å². The molecule has 0 aliphatic heterocycles. The molecule has 66 heavy (non-hydrogen) atoms. The van der Waals surface area contributed by atoms with Gasteiger partial charge in [0.15, 0.2) is 0 Å². The van der Waals surface area contributed by atoms with E-state index in [2.05, 4.69) is 279 Å². The molecule has 0 spiro atoms. The second kappa shape index (κ2) is 18.3. The van der Waals surface area contributed by atoms with E-state index in [4.69, 9.17) is 0 Å². The SMILES string of the molecule is c1ccc(-c2cc(-c3ccccc3)c(-c3ccc(-c4c(-c5ccccc5)cc(-c5ccccc5)c(-c5ccccc5)c4-c4ccccc4)cc3)c(-c3ccccc3)c2-c2ccccc2)cc1. The van der Waals surface area contributed by atoms with E-state index in [-0.39, 0.29) is 0 Å². The highest BCUT2D eigenvalue weighted by Gasteiger charge is 2.26. The van der Waals surface area contributed by atoms with Crippen LogP contribution in [-0.4, -0.2) is 0 Å². The van der Waals surface area contributed by atoms with E-state index >= 15 is 0 Å². The maximum Gasteiger partial charge on any atom is -0.00143 e. The van der Waals surface area contributed by atoms with E-state index in [1.54, 1.807) is 0 Å². The first-order valence-corrected chi connectivity index (χ1v) is 22.8. The molecule has 0 N–H and O–H groups in total. The fourth-order valence-corrected chi connectivity index (χ4v) is 9.75. The van der Waals surface area contributed by atoms with Crippen LogP contribution >= 0.6 is 0 Å². The van der Waals surface area contributed by atoms with Gasteiger partial charge in [-0.05, 0) is 123 Å². The zero-order chi connectivity index (χ0) is 44.1. The lowest BCUT2D eigenvalue weighted by molar-refractivity contribution is 1.51. The molecule has 0 unspecified atom stereocenters. The average molecular weight is 839 g/mol. The molecular formula is C66H46. The summed E-state index contributed by atoms with van der Waals surface area (Å²) in [5.74, 6) is 0. The highest BCUT2D eigenvalue weighted by molar-refractivity contribution is 6.10. The molecule has 11 aromatic rings. The van der Waals surface area contributed by atoms with Gasteiger partial charge >= 0.3 is 0 Å². The smallest absolute Gasteiger partial charge is 0.00143 e. The lowest BCUT2D eigenvalue weighted by Gasteiger charge is -2.26. The van der Waals surface area contributed by atoms with E-state index in [0.29, 0.717) is 0 Å². The third-order valence-electron chi connectivity index (χ3n) is 12.7. The summed E-state index contributed by atoms with van der Waals surface area (Å²) in [6.45, 7) is 0. The average Bonchev–Trinajstić information content (AvgIpc) is 3.41. The van der Waals surface area contributed by atoms with E-state index in [1.165, 1.54) is 100 Å². The highest BCUT2D eigenvalue weighted by Crippen LogP contribution is 2.53. The molecule has 0 heteroatoms. The van der Waals surface area contributed by atoms with E-state index in [9.17, 15) is 0 Å². The summed E-state index contributed by atoms with van der Waals surface area (Å²) in [7, 11) is 0. The molecule has 0 aliphatic rings. The van der Waals surface area contributed by atoms with E-state index in [0.717, 1.165) is 11.1 Å². The van der Waals surface area contributed by atoms with Crippen LogP contribution in [0.2, 0.25) is 0 Å². The summed E-state index contributed by atoms with van der Waals surface area (Å²) in [6, 6.07) is 102. The number of hydrogen-bond acceptors (Lipinski definition) is 0. The van der Waals surface area contributed by atoms with Gasteiger partial charge in [0, 0.05) is 0 Å². The molecule has 0 amide bonds. The summed E-state index contributed by atoms with van der Waals surface area (Å²) in [5.41, 5.74) is 23.8. The lowest BCUT2D eigenvalue weighted by atomic mass is 9.77. The lowest BCUT2D eigenvalue weighted by Crippen LogP contribution is -1.99. The van der Waals surface area contributed by atoms with Gasteiger partial charge < -0.3 is 0 Å². The van der Waals surface area contributed by atoms with Gasteiger partial charge in [-0.2, -0.15) is 0 Å². The minimum Gasteiger partial charge on any atom is -0.0622 e. The van der Waals surface area contributed by atoms with E-state index in [1.807, 2.05) is 0 Å². The maximum atomic E-state index is 2.43. The van der Waals surface area contributed by atoms with Crippen LogP contribution in [0, 0.1) is 0 Å². The predicted octanol–water partition coefficient (Wildman–Crippen LogP) is 18.4. The molecule has 0 nitrogen and oxygen atoms in total. The van der Waals surface area contributed by atoms with Crippen LogP contribution in [0.25, 0.3) is 111 Å². The molecule has 0 saturated carbocycles. The zero-order valence-electron chi connectivity index (χ0n) is 36.6. The number of benzene rings is 11. The second-order valence-electron chi connectivity index (χ2n) is 16.7. The quantitative estimate of drug-likeness (QED) is 0.129. The van der Waals surface area contributed by atoms with Gasteiger partial charge in [-0.25, -0.2) is 0 Å². The Morgan fingerprint density at radius 1 is 0.121 bits per heavy atom. The Morgan fingerprint density at radius 2 is 0.273 bits per heavy atom. The van der Waals surface area contributed by atoms with Crippen molar-refractivity contribution in [3.05, 3.63) is 279 Å². The molecular weight excluding hydrogens is 793 g/mol. The van der Waals surface area contributed by atoms with Gasteiger partial charge in [-0.1, -0.05) is 267 Å². The Hall–Kier alpha value is -8.58. The van der Waals surface area contributed by atoms with E-state index < -0.39 is 0 Å². The second-order valence-corrected chi connectivity index (χ2v) is 16.7. The molecule has 0 heterocycles. The number of hydrogen-bond donors (Lipinski definition) is 0. The van der Waals surface area contributed by atoms with Crippen molar-refractivity contribution in [2.75, 3.05) is 0 Å². The molecule has 0 bridgehead atoms. The molecule has 0 aromatic heterocycles. The predicted molar refractivity (Wildman–Crippen MR) is 281 cm³/mol. The standard InChI is InChI=1S/C66H46/c1-9-25-47(26-10-1)57-45-59(49-29-13-3-14-30-49)63(65(53-37-21-7-22-38-53)61(57)51-33-17-5-18-34-51)55-41-43-56(44-42-55)64-60(50-31-15-4-16-32-50)46-58(48-27-11-2-12-28-48)62(52-35-19-6-20-36-52)66(64)54-39-23-8-24-40-54/h1-46H. The monoisotopic (exact) mass is 838 g/mol. The molecule has 0 radical (unpaired) electrons. The van der Waals surface area contributed by atoms with Gasteiger partial charge in [0.25, 0.3) is 0 Å². The molecule has 0 saturated heterocycles. The van der Waals surface area contributed by atoms with Crippen molar-refractivity contribution in [1.82, 2.24) is 0 Å². The van der Waals surface area contributed by atoms with Crippen molar-refractivity contribution in [3.63, 3.8) is 0 Å². The Balaban J connectivity index is 1.24. The Morgan fingerprint density at radius 3 is 0.470 bits per heavy atom. The molecule has 0 fully saturated rings. The summed E-state index contributed by atoms with van der Waals surface area (Å²) in [5, 5.41) is 0. The van der Waals surface area contributed by atoms with Crippen molar-refractivity contribution in [1.29, 1.82) is 0 Å². The van der Waals surface area contributed by atoms with Crippen LogP contribution in [0.4, 0.5) is 0 Å². The zero-order valence-corrected chi connectivity index (χ0v) is 36.6. The Kier molecular flexibility index (Phi) is 11.1. The van der Waals surface area contributed by atoms with Gasteiger partial charge in [0.05, 0.1) is 0 Å². The fourth-order valence-electron chi connectivity index (χ4n) is 9.75.